The molecule has 0 bridgehead atoms. The van der Waals surface area contributed by atoms with E-state index < -0.39 is 0 Å². The molecule has 3 nitrogen and oxygen atoms in total. The molecule has 3 unspecified atom stereocenters. The zero-order chi connectivity index (χ0) is 10.4. The molecule has 1 rings (SSSR count). The highest BCUT2D eigenvalue weighted by molar-refractivity contribution is 4.70. The standard InChI is InChI=1S/C11H22O3/c1-9(8-13-2)11(12)6-5-10-4-3-7-14-10/h9-12H,3-8H2,1-2H3. The van der Waals surface area contributed by atoms with Crippen molar-refractivity contribution in [1.82, 2.24) is 0 Å². The number of methoxy groups -OCH3 is 1. The van der Waals surface area contributed by atoms with Gasteiger partial charge in [-0.25, -0.2) is 0 Å². The Labute approximate surface area is 86.4 Å². The molecule has 0 aliphatic carbocycles. The Balaban J connectivity index is 2.09. The van der Waals surface area contributed by atoms with Gasteiger partial charge in [-0.1, -0.05) is 6.92 Å². The summed E-state index contributed by atoms with van der Waals surface area (Å²) < 4.78 is 10.5. The fourth-order valence-electron chi connectivity index (χ4n) is 1.89. The van der Waals surface area contributed by atoms with Crippen LogP contribution in [-0.2, 0) is 9.47 Å². The Kier molecular flexibility index (Phi) is 5.45. The lowest BCUT2D eigenvalue weighted by Gasteiger charge is -2.19. The molecular formula is C11H22O3. The van der Waals surface area contributed by atoms with Crippen LogP contribution in [0.3, 0.4) is 0 Å². The number of hydrogen-bond acceptors (Lipinski definition) is 3. The van der Waals surface area contributed by atoms with Crippen molar-refractivity contribution in [2.45, 2.75) is 44.8 Å². The van der Waals surface area contributed by atoms with Crippen molar-refractivity contribution in [2.24, 2.45) is 5.92 Å². The summed E-state index contributed by atoms with van der Waals surface area (Å²) in [6, 6.07) is 0. The summed E-state index contributed by atoms with van der Waals surface area (Å²) in [4.78, 5) is 0. The molecular weight excluding hydrogens is 180 g/mol. The zero-order valence-electron chi connectivity index (χ0n) is 9.24. The van der Waals surface area contributed by atoms with Gasteiger partial charge in [-0.3, -0.25) is 0 Å². The summed E-state index contributed by atoms with van der Waals surface area (Å²) in [5, 5.41) is 9.77. The van der Waals surface area contributed by atoms with E-state index in [1.165, 1.54) is 6.42 Å². The summed E-state index contributed by atoms with van der Waals surface area (Å²) in [6.07, 6.45) is 4.28. The first-order chi connectivity index (χ1) is 6.74. The van der Waals surface area contributed by atoms with Crippen LogP contribution in [0.15, 0.2) is 0 Å². The molecule has 0 aromatic rings. The van der Waals surface area contributed by atoms with Crippen LogP contribution in [0.1, 0.15) is 32.6 Å². The monoisotopic (exact) mass is 202 g/mol. The van der Waals surface area contributed by atoms with E-state index in [9.17, 15) is 5.11 Å². The van der Waals surface area contributed by atoms with Crippen molar-refractivity contribution in [2.75, 3.05) is 20.3 Å². The molecule has 3 heteroatoms. The van der Waals surface area contributed by atoms with E-state index in [4.69, 9.17) is 9.47 Å². The third-order valence-corrected chi connectivity index (χ3v) is 2.89. The van der Waals surface area contributed by atoms with E-state index in [0.29, 0.717) is 12.7 Å². The van der Waals surface area contributed by atoms with Gasteiger partial charge in [0.15, 0.2) is 0 Å². The fraction of sp³-hybridized carbons (Fsp3) is 1.00. The van der Waals surface area contributed by atoms with Crippen LogP contribution in [0.4, 0.5) is 0 Å². The number of aliphatic hydroxyl groups excluding tert-OH is 1. The maximum absolute atomic E-state index is 9.77. The largest absolute Gasteiger partial charge is 0.393 e. The van der Waals surface area contributed by atoms with Crippen LogP contribution in [0.2, 0.25) is 0 Å². The molecule has 1 heterocycles. The maximum Gasteiger partial charge on any atom is 0.0588 e. The minimum absolute atomic E-state index is 0.224. The number of ether oxygens (including phenoxy) is 2. The van der Waals surface area contributed by atoms with Crippen LogP contribution in [-0.4, -0.2) is 37.6 Å². The highest BCUT2D eigenvalue weighted by Gasteiger charge is 2.19. The number of hydrogen-bond donors (Lipinski definition) is 1. The third kappa shape index (κ3) is 3.95. The maximum atomic E-state index is 9.77. The molecule has 0 amide bonds. The van der Waals surface area contributed by atoms with Crippen LogP contribution < -0.4 is 0 Å². The van der Waals surface area contributed by atoms with Crippen molar-refractivity contribution in [3.05, 3.63) is 0 Å². The molecule has 0 aromatic carbocycles. The second-order valence-electron chi connectivity index (χ2n) is 4.21. The Morgan fingerprint density at radius 3 is 2.93 bits per heavy atom. The van der Waals surface area contributed by atoms with Gasteiger partial charge in [0.2, 0.25) is 0 Å². The first-order valence-corrected chi connectivity index (χ1v) is 5.52. The van der Waals surface area contributed by atoms with Crippen molar-refractivity contribution in [3.8, 4) is 0 Å². The molecule has 1 saturated heterocycles. The van der Waals surface area contributed by atoms with E-state index in [1.807, 2.05) is 6.92 Å². The van der Waals surface area contributed by atoms with E-state index in [1.54, 1.807) is 7.11 Å². The first kappa shape index (κ1) is 12.0. The van der Waals surface area contributed by atoms with Crippen LogP contribution in [0.25, 0.3) is 0 Å². The highest BCUT2D eigenvalue weighted by Crippen LogP contribution is 2.19. The third-order valence-electron chi connectivity index (χ3n) is 2.89. The molecule has 1 aliphatic heterocycles. The van der Waals surface area contributed by atoms with Crippen molar-refractivity contribution in [1.29, 1.82) is 0 Å². The summed E-state index contributed by atoms with van der Waals surface area (Å²) in [5.41, 5.74) is 0. The summed E-state index contributed by atoms with van der Waals surface area (Å²) in [6.45, 7) is 3.55. The van der Waals surface area contributed by atoms with Gasteiger partial charge in [-0.05, 0) is 25.7 Å². The second kappa shape index (κ2) is 6.38. The van der Waals surface area contributed by atoms with Crippen LogP contribution in [0.5, 0.6) is 0 Å². The van der Waals surface area contributed by atoms with Crippen LogP contribution in [0, 0.1) is 5.92 Å². The van der Waals surface area contributed by atoms with Crippen LogP contribution >= 0.6 is 0 Å². The summed E-state index contributed by atoms with van der Waals surface area (Å²) in [7, 11) is 1.67. The molecule has 0 spiro atoms. The number of rotatable bonds is 6. The van der Waals surface area contributed by atoms with E-state index in [-0.39, 0.29) is 12.0 Å². The molecule has 14 heavy (non-hydrogen) atoms. The predicted molar refractivity (Wildman–Crippen MR) is 55.3 cm³/mol. The quantitative estimate of drug-likeness (QED) is 0.711. The minimum atomic E-state index is -0.251. The average Bonchev–Trinajstić information content (AvgIpc) is 2.67. The van der Waals surface area contributed by atoms with Gasteiger partial charge in [0, 0.05) is 19.6 Å². The molecule has 1 aliphatic rings. The van der Waals surface area contributed by atoms with Gasteiger partial charge >= 0.3 is 0 Å². The lowest BCUT2D eigenvalue weighted by Crippen LogP contribution is -2.23. The average molecular weight is 202 g/mol. The molecule has 84 valence electrons. The first-order valence-electron chi connectivity index (χ1n) is 5.52. The zero-order valence-corrected chi connectivity index (χ0v) is 9.24. The Hall–Kier alpha value is -0.120. The van der Waals surface area contributed by atoms with Gasteiger partial charge in [0.05, 0.1) is 18.8 Å². The van der Waals surface area contributed by atoms with E-state index in [0.717, 1.165) is 25.9 Å². The second-order valence-corrected chi connectivity index (χ2v) is 4.21. The van der Waals surface area contributed by atoms with Gasteiger partial charge in [0.1, 0.15) is 0 Å². The Morgan fingerprint density at radius 1 is 1.57 bits per heavy atom. The smallest absolute Gasteiger partial charge is 0.0588 e. The van der Waals surface area contributed by atoms with E-state index >= 15 is 0 Å². The lowest BCUT2D eigenvalue weighted by molar-refractivity contribution is 0.0341. The molecule has 3 atom stereocenters. The molecule has 1 N–H and O–H groups in total. The van der Waals surface area contributed by atoms with Gasteiger partial charge in [-0.15, -0.1) is 0 Å². The topological polar surface area (TPSA) is 38.7 Å². The summed E-state index contributed by atoms with van der Waals surface area (Å²) >= 11 is 0. The fourth-order valence-corrected chi connectivity index (χ4v) is 1.89. The van der Waals surface area contributed by atoms with Crippen molar-refractivity contribution >= 4 is 0 Å². The molecule has 0 saturated carbocycles. The van der Waals surface area contributed by atoms with Crippen molar-refractivity contribution in [3.63, 3.8) is 0 Å². The summed E-state index contributed by atoms with van der Waals surface area (Å²) in [5.74, 6) is 0.224. The highest BCUT2D eigenvalue weighted by atomic mass is 16.5. The molecule has 0 aromatic heterocycles. The van der Waals surface area contributed by atoms with Gasteiger partial charge < -0.3 is 14.6 Å². The van der Waals surface area contributed by atoms with Gasteiger partial charge in [0.25, 0.3) is 0 Å². The molecule has 0 radical (unpaired) electrons. The van der Waals surface area contributed by atoms with E-state index in [2.05, 4.69) is 0 Å². The normalized spacial score (nSPS) is 26.4. The Morgan fingerprint density at radius 2 is 2.36 bits per heavy atom. The lowest BCUT2D eigenvalue weighted by atomic mass is 9.99. The van der Waals surface area contributed by atoms with Gasteiger partial charge in [-0.2, -0.15) is 0 Å². The predicted octanol–water partition coefficient (Wildman–Crippen LogP) is 1.59. The van der Waals surface area contributed by atoms with Crippen molar-refractivity contribution < 1.29 is 14.6 Å². The minimum Gasteiger partial charge on any atom is -0.393 e. The SMILES string of the molecule is COCC(C)C(O)CCC1CCCO1. The molecule has 1 fully saturated rings. The number of aliphatic hydroxyl groups is 1. The Bertz CT molecular complexity index is 143.